The van der Waals surface area contributed by atoms with E-state index in [9.17, 15) is 4.79 Å². The van der Waals surface area contributed by atoms with Gasteiger partial charge in [-0.2, -0.15) is 9.97 Å². The zero-order chi connectivity index (χ0) is 14.5. The predicted octanol–water partition coefficient (Wildman–Crippen LogP) is 1.94. The van der Waals surface area contributed by atoms with Gasteiger partial charge in [-0.25, -0.2) is 4.79 Å². The molecule has 2 rings (SSSR count). The number of nitrogens with one attached hydrogen (secondary N) is 1. The predicted molar refractivity (Wildman–Crippen MR) is 71.8 cm³/mol. The van der Waals surface area contributed by atoms with Gasteiger partial charge in [-0.05, 0) is 24.3 Å². The van der Waals surface area contributed by atoms with Gasteiger partial charge in [0.05, 0.1) is 25.8 Å². The van der Waals surface area contributed by atoms with Crippen LogP contribution in [0.25, 0.3) is 0 Å². The summed E-state index contributed by atoms with van der Waals surface area (Å²) in [7, 11) is 2.99. The summed E-state index contributed by atoms with van der Waals surface area (Å²) in [6.07, 6.45) is 0. The minimum Gasteiger partial charge on any atom is -0.481 e. The molecule has 0 aliphatic heterocycles. The molecule has 2 aromatic rings. The molecule has 0 atom stereocenters. The molecule has 0 saturated heterocycles. The first kappa shape index (κ1) is 13.6. The van der Waals surface area contributed by atoms with E-state index in [0.29, 0.717) is 23.4 Å². The minimum absolute atomic E-state index is 0.208. The van der Waals surface area contributed by atoms with Crippen LogP contribution in [0.3, 0.4) is 0 Å². The molecule has 1 aromatic heterocycles. The van der Waals surface area contributed by atoms with Gasteiger partial charge < -0.3 is 19.9 Å². The fourth-order valence-electron chi connectivity index (χ4n) is 1.49. The lowest BCUT2D eigenvalue weighted by molar-refractivity contribution is 0.0697. The Morgan fingerprint density at radius 2 is 1.65 bits per heavy atom. The number of hydrogen-bond acceptors (Lipinski definition) is 6. The second-order valence-electron chi connectivity index (χ2n) is 3.78. The van der Waals surface area contributed by atoms with Crippen LogP contribution in [0.5, 0.6) is 11.8 Å². The van der Waals surface area contributed by atoms with Crippen LogP contribution >= 0.6 is 0 Å². The van der Waals surface area contributed by atoms with Crippen LogP contribution in [0.1, 0.15) is 10.4 Å². The molecule has 0 aliphatic carbocycles. The number of aromatic carboxylic acids is 1. The highest BCUT2D eigenvalue weighted by Crippen LogP contribution is 2.20. The highest BCUT2D eigenvalue weighted by Gasteiger charge is 2.06. The second kappa shape index (κ2) is 5.87. The number of carboxylic acid groups (broad SMARTS) is 1. The van der Waals surface area contributed by atoms with Crippen molar-refractivity contribution in [1.82, 2.24) is 9.97 Å². The molecular formula is C13H13N3O4. The number of ether oxygens (including phenoxy) is 2. The first-order valence-corrected chi connectivity index (χ1v) is 5.70. The molecule has 0 spiro atoms. The zero-order valence-electron chi connectivity index (χ0n) is 11.0. The molecule has 0 fully saturated rings. The van der Waals surface area contributed by atoms with E-state index in [1.165, 1.54) is 26.4 Å². The Kier molecular flexibility index (Phi) is 3.99. The maximum Gasteiger partial charge on any atom is 0.335 e. The largest absolute Gasteiger partial charge is 0.481 e. The minimum atomic E-state index is -0.976. The van der Waals surface area contributed by atoms with Gasteiger partial charge in [-0.1, -0.05) is 0 Å². The molecule has 0 aliphatic rings. The molecule has 20 heavy (non-hydrogen) atoms. The summed E-state index contributed by atoms with van der Waals surface area (Å²) in [6, 6.07) is 7.78. The van der Waals surface area contributed by atoms with E-state index in [1.807, 2.05) is 0 Å². The molecule has 0 amide bonds. The van der Waals surface area contributed by atoms with Gasteiger partial charge >= 0.3 is 5.97 Å². The number of carboxylic acids is 1. The normalized spacial score (nSPS) is 9.90. The van der Waals surface area contributed by atoms with Gasteiger partial charge in [-0.15, -0.1) is 0 Å². The summed E-state index contributed by atoms with van der Waals surface area (Å²) < 4.78 is 10.1. The van der Waals surface area contributed by atoms with E-state index in [-0.39, 0.29) is 5.56 Å². The van der Waals surface area contributed by atoms with Crippen molar-refractivity contribution in [2.45, 2.75) is 0 Å². The molecule has 104 valence electrons. The fourth-order valence-corrected chi connectivity index (χ4v) is 1.49. The van der Waals surface area contributed by atoms with Gasteiger partial charge in [-0.3, -0.25) is 0 Å². The molecule has 0 saturated carbocycles. The summed E-state index contributed by atoms with van der Waals surface area (Å²) in [6.45, 7) is 0. The number of nitrogens with zero attached hydrogens (tertiary/aromatic N) is 2. The summed E-state index contributed by atoms with van der Waals surface area (Å²) in [5.74, 6) is 0.0446. The molecule has 2 N–H and O–H groups in total. The third-order valence-electron chi connectivity index (χ3n) is 2.49. The topological polar surface area (TPSA) is 93.6 Å². The van der Waals surface area contributed by atoms with Gasteiger partial charge in [0.25, 0.3) is 0 Å². The van der Waals surface area contributed by atoms with Crippen LogP contribution in [0.15, 0.2) is 30.3 Å². The Morgan fingerprint density at radius 1 is 1.10 bits per heavy atom. The lowest BCUT2D eigenvalue weighted by Crippen LogP contribution is -2.01. The Labute approximate surface area is 115 Å². The number of hydrogen-bond donors (Lipinski definition) is 2. The third-order valence-corrected chi connectivity index (χ3v) is 2.49. The lowest BCUT2D eigenvalue weighted by Gasteiger charge is -2.08. The van der Waals surface area contributed by atoms with Crippen molar-refractivity contribution in [3.05, 3.63) is 35.9 Å². The van der Waals surface area contributed by atoms with Gasteiger partial charge in [0.15, 0.2) is 0 Å². The maximum atomic E-state index is 10.8. The Hall–Kier alpha value is -2.83. The Morgan fingerprint density at radius 3 is 2.10 bits per heavy atom. The summed E-state index contributed by atoms with van der Waals surface area (Å²) in [5.41, 5.74) is 0.866. The van der Waals surface area contributed by atoms with Crippen LogP contribution in [-0.4, -0.2) is 35.3 Å². The van der Waals surface area contributed by atoms with E-state index in [4.69, 9.17) is 14.6 Å². The molecule has 1 aromatic carbocycles. The molecule has 7 heteroatoms. The van der Waals surface area contributed by atoms with Crippen molar-refractivity contribution < 1.29 is 19.4 Å². The van der Waals surface area contributed by atoms with Gasteiger partial charge in [0, 0.05) is 5.69 Å². The monoisotopic (exact) mass is 275 g/mol. The zero-order valence-corrected chi connectivity index (χ0v) is 11.0. The standard InChI is InChI=1S/C13H13N3O4/c1-19-10-7-11(20-2)16-13(15-10)14-9-5-3-8(4-6-9)12(17)18/h3-7H,1-2H3,(H,17,18)(H,14,15,16). The highest BCUT2D eigenvalue weighted by molar-refractivity contribution is 5.88. The van der Waals surface area contributed by atoms with Crippen molar-refractivity contribution in [2.24, 2.45) is 0 Å². The number of benzene rings is 1. The van der Waals surface area contributed by atoms with Crippen LogP contribution in [0, 0.1) is 0 Å². The first-order valence-electron chi connectivity index (χ1n) is 5.70. The average molecular weight is 275 g/mol. The van der Waals surface area contributed by atoms with Crippen molar-refractivity contribution in [2.75, 3.05) is 19.5 Å². The van der Waals surface area contributed by atoms with Gasteiger partial charge in [0.1, 0.15) is 0 Å². The lowest BCUT2D eigenvalue weighted by atomic mass is 10.2. The van der Waals surface area contributed by atoms with Crippen molar-refractivity contribution in [3.63, 3.8) is 0 Å². The SMILES string of the molecule is COc1cc(OC)nc(Nc2ccc(C(=O)O)cc2)n1. The van der Waals surface area contributed by atoms with Crippen LogP contribution in [0.4, 0.5) is 11.6 Å². The third kappa shape index (κ3) is 3.14. The van der Waals surface area contributed by atoms with Crippen LogP contribution in [-0.2, 0) is 0 Å². The van der Waals surface area contributed by atoms with E-state index >= 15 is 0 Å². The summed E-state index contributed by atoms with van der Waals surface area (Å²) in [5, 5.41) is 11.8. The van der Waals surface area contributed by atoms with Crippen LogP contribution in [0.2, 0.25) is 0 Å². The van der Waals surface area contributed by atoms with E-state index < -0.39 is 5.97 Å². The van der Waals surface area contributed by atoms with Crippen LogP contribution < -0.4 is 14.8 Å². The number of methoxy groups -OCH3 is 2. The summed E-state index contributed by atoms with van der Waals surface area (Å²) in [4.78, 5) is 19.0. The second-order valence-corrected chi connectivity index (χ2v) is 3.78. The molecule has 1 heterocycles. The number of aromatic nitrogens is 2. The van der Waals surface area contributed by atoms with Gasteiger partial charge in [0.2, 0.25) is 17.7 Å². The van der Waals surface area contributed by atoms with Crippen molar-refractivity contribution >= 4 is 17.6 Å². The molecule has 7 nitrogen and oxygen atoms in total. The maximum absolute atomic E-state index is 10.8. The quantitative estimate of drug-likeness (QED) is 0.861. The van der Waals surface area contributed by atoms with E-state index in [1.54, 1.807) is 18.2 Å². The fraction of sp³-hybridized carbons (Fsp3) is 0.154. The molecule has 0 radical (unpaired) electrons. The van der Waals surface area contributed by atoms with Crippen molar-refractivity contribution in [1.29, 1.82) is 0 Å². The van der Waals surface area contributed by atoms with Crippen molar-refractivity contribution in [3.8, 4) is 11.8 Å². The number of carbonyl (C=O) groups is 1. The molecule has 0 unspecified atom stereocenters. The Balaban J connectivity index is 2.22. The Bertz CT molecular complexity index is 591. The van der Waals surface area contributed by atoms with E-state index in [2.05, 4.69) is 15.3 Å². The highest BCUT2D eigenvalue weighted by atomic mass is 16.5. The molecule has 0 bridgehead atoms. The number of rotatable bonds is 5. The van der Waals surface area contributed by atoms with E-state index in [0.717, 1.165) is 0 Å². The summed E-state index contributed by atoms with van der Waals surface area (Å²) >= 11 is 0. The molecular weight excluding hydrogens is 262 g/mol. The number of anilines is 2. The average Bonchev–Trinajstić information content (AvgIpc) is 2.47. The first-order chi connectivity index (χ1) is 9.62. The smallest absolute Gasteiger partial charge is 0.335 e.